The first-order chi connectivity index (χ1) is 7.84. The molecule has 0 aliphatic heterocycles. The van der Waals surface area contributed by atoms with Gasteiger partial charge in [-0.3, -0.25) is 0 Å². The van der Waals surface area contributed by atoms with Crippen LogP contribution in [0.3, 0.4) is 0 Å². The average molecular weight is 275 g/mol. The lowest BCUT2D eigenvalue weighted by Crippen LogP contribution is -1.97. The number of fused-ring (bicyclic) bond motifs is 1. The quantitative estimate of drug-likeness (QED) is 0.641. The Hall–Kier alpha value is -1.75. The van der Waals surface area contributed by atoms with Gasteiger partial charge in [-0.15, -0.1) is 0 Å². The summed E-state index contributed by atoms with van der Waals surface area (Å²) in [6.07, 6.45) is 3.19. The second-order valence-electron chi connectivity index (χ2n) is 3.32. The molecule has 0 fully saturated rings. The van der Waals surface area contributed by atoms with Crippen LogP contribution in [0.5, 0.6) is 0 Å². The molecule has 5 heteroatoms. The molecule has 0 spiro atoms. The van der Waals surface area contributed by atoms with Crippen molar-refractivity contribution in [3.05, 3.63) is 47.6 Å². The fourth-order valence-corrected chi connectivity index (χ4v) is 2.06. The van der Waals surface area contributed by atoms with E-state index >= 15 is 0 Å². The van der Waals surface area contributed by atoms with E-state index in [2.05, 4.69) is 31.0 Å². The van der Waals surface area contributed by atoms with Gasteiger partial charge in [-0.25, -0.2) is 14.6 Å². The van der Waals surface area contributed by atoms with Crippen molar-refractivity contribution in [2.75, 3.05) is 0 Å². The molecule has 16 heavy (non-hydrogen) atoms. The van der Waals surface area contributed by atoms with E-state index in [1.807, 2.05) is 30.3 Å². The molecule has 3 rings (SSSR count). The molecule has 0 saturated heterocycles. The van der Waals surface area contributed by atoms with Crippen LogP contribution < -0.4 is 0 Å². The highest BCUT2D eigenvalue weighted by Crippen LogP contribution is 2.23. The molecular weight excluding hydrogens is 268 g/mol. The van der Waals surface area contributed by atoms with Crippen molar-refractivity contribution in [1.29, 1.82) is 0 Å². The Bertz CT molecular complexity index is 634. The van der Waals surface area contributed by atoms with E-state index < -0.39 is 0 Å². The van der Waals surface area contributed by atoms with Crippen LogP contribution in [0.15, 0.2) is 47.6 Å². The largest absolute Gasteiger partial charge is 0.241 e. The lowest BCUT2D eigenvalue weighted by molar-refractivity contribution is 0.883. The molecule has 1 aromatic carbocycles. The zero-order valence-corrected chi connectivity index (χ0v) is 9.79. The van der Waals surface area contributed by atoms with E-state index in [0.29, 0.717) is 0 Å². The topological polar surface area (TPSA) is 43.6 Å². The molecule has 0 unspecified atom stereocenters. The fourth-order valence-electron chi connectivity index (χ4n) is 1.65. The molecule has 0 aliphatic rings. The third-order valence-electron chi connectivity index (χ3n) is 2.33. The molecule has 0 saturated carbocycles. The van der Waals surface area contributed by atoms with Gasteiger partial charge in [0, 0.05) is 5.39 Å². The molecule has 0 radical (unpaired) electrons. The first-order valence-corrected chi connectivity index (χ1v) is 5.54. The molecule has 78 valence electrons. The first kappa shape index (κ1) is 9.47. The third kappa shape index (κ3) is 1.49. The number of rotatable bonds is 1. The van der Waals surface area contributed by atoms with Gasteiger partial charge >= 0.3 is 0 Å². The summed E-state index contributed by atoms with van der Waals surface area (Å²) in [5.41, 5.74) is 1.90. The van der Waals surface area contributed by atoms with Crippen LogP contribution in [0.2, 0.25) is 0 Å². The predicted molar refractivity (Wildman–Crippen MR) is 64.4 cm³/mol. The summed E-state index contributed by atoms with van der Waals surface area (Å²) in [6, 6.07) is 9.87. The Kier molecular flexibility index (Phi) is 2.18. The van der Waals surface area contributed by atoms with Crippen molar-refractivity contribution in [1.82, 2.24) is 19.7 Å². The maximum Gasteiger partial charge on any atom is 0.138 e. The SMILES string of the molecule is Brc1cc(-n2cncn2)c2ccccc2n1. The Morgan fingerprint density at radius 3 is 2.88 bits per heavy atom. The third-order valence-corrected chi connectivity index (χ3v) is 2.73. The molecule has 0 bridgehead atoms. The number of pyridine rings is 1. The monoisotopic (exact) mass is 274 g/mol. The number of hydrogen-bond acceptors (Lipinski definition) is 3. The van der Waals surface area contributed by atoms with Crippen molar-refractivity contribution in [2.24, 2.45) is 0 Å². The Morgan fingerprint density at radius 1 is 1.19 bits per heavy atom. The minimum absolute atomic E-state index is 0.789. The molecular formula is C11H7BrN4. The molecule has 0 amide bonds. The number of benzene rings is 1. The van der Waals surface area contributed by atoms with Crippen LogP contribution in [0.25, 0.3) is 16.6 Å². The van der Waals surface area contributed by atoms with Crippen LogP contribution >= 0.6 is 15.9 Å². The van der Waals surface area contributed by atoms with E-state index in [9.17, 15) is 0 Å². The van der Waals surface area contributed by atoms with Crippen LogP contribution in [0, 0.1) is 0 Å². The standard InChI is InChI=1S/C11H7BrN4/c12-11-5-10(16-7-13-6-14-16)8-3-1-2-4-9(8)15-11/h1-7H. The van der Waals surface area contributed by atoms with Gasteiger partial charge in [0.1, 0.15) is 17.3 Å². The number of nitrogens with zero attached hydrogens (tertiary/aromatic N) is 4. The van der Waals surface area contributed by atoms with E-state index in [-0.39, 0.29) is 0 Å². The van der Waals surface area contributed by atoms with E-state index in [0.717, 1.165) is 21.2 Å². The van der Waals surface area contributed by atoms with Gasteiger partial charge < -0.3 is 0 Å². The number of para-hydroxylation sites is 1. The zero-order valence-electron chi connectivity index (χ0n) is 8.21. The Labute approximate surface area is 100 Å². The van der Waals surface area contributed by atoms with Crippen LogP contribution in [-0.4, -0.2) is 19.7 Å². The first-order valence-electron chi connectivity index (χ1n) is 4.75. The maximum absolute atomic E-state index is 4.40. The number of hydrogen-bond donors (Lipinski definition) is 0. The summed E-state index contributed by atoms with van der Waals surface area (Å²) in [6.45, 7) is 0. The highest BCUT2D eigenvalue weighted by Gasteiger charge is 2.06. The van der Waals surface area contributed by atoms with Crippen molar-refractivity contribution >= 4 is 26.8 Å². The molecule has 0 N–H and O–H groups in total. The van der Waals surface area contributed by atoms with Gasteiger partial charge in [0.2, 0.25) is 0 Å². The maximum atomic E-state index is 4.40. The van der Waals surface area contributed by atoms with E-state index in [1.54, 1.807) is 11.0 Å². The van der Waals surface area contributed by atoms with Crippen LogP contribution in [-0.2, 0) is 0 Å². The predicted octanol–water partition coefficient (Wildman–Crippen LogP) is 2.58. The molecule has 0 atom stereocenters. The lowest BCUT2D eigenvalue weighted by Gasteiger charge is -2.05. The Morgan fingerprint density at radius 2 is 2.06 bits per heavy atom. The Balaban J connectivity index is 2.39. The van der Waals surface area contributed by atoms with Gasteiger partial charge in [0.15, 0.2) is 0 Å². The van der Waals surface area contributed by atoms with Gasteiger partial charge in [0.25, 0.3) is 0 Å². The van der Waals surface area contributed by atoms with E-state index in [4.69, 9.17) is 0 Å². The number of aromatic nitrogens is 4. The van der Waals surface area contributed by atoms with Gasteiger partial charge in [-0.05, 0) is 28.1 Å². The van der Waals surface area contributed by atoms with Crippen LogP contribution in [0.1, 0.15) is 0 Å². The second-order valence-corrected chi connectivity index (χ2v) is 4.13. The van der Waals surface area contributed by atoms with Gasteiger partial charge in [0.05, 0.1) is 11.2 Å². The second kappa shape index (κ2) is 3.68. The molecule has 4 nitrogen and oxygen atoms in total. The van der Waals surface area contributed by atoms with Crippen molar-refractivity contribution < 1.29 is 0 Å². The fraction of sp³-hybridized carbons (Fsp3) is 0. The normalized spacial score (nSPS) is 10.8. The summed E-state index contributed by atoms with van der Waals surface area (Å²) in [5, 5.41) is 5.19. The zero-order chi connectivity index (χ0) is 11.0. The summed E-state index contributed by atoms with van der Waals surface area (Å²) in [7, 11) is 0. The van der Waals surface area contributed by atoms with Crippen molar-refractivity contribution in [3.63, 3.8) is 0 Å². The molecule has 0 aliphatic carbocycles. The summed E-state index contributed by atoms with van der Waals surface area (Å²) < 4.78 is 2.52. The summed E-state index contributed by atoms with van der Waals surface area (Å²) >= 11 is 3.40. The minimum Gasteiger partial charge on any atom is -0.241 e. The van der Waals surface area contributed by atoms with Gasteiger partial charge in [-0.1, -0.05) is 18.2 Å². The summed E-state index contributed by atoms with van der Waals surface area (Å²) in [4.78, 5) is 8.35. The van der Waals surface area contributed by atoms with Crippen molar-refractivity contribution in [3.8, 4) is 5.69 Å². The van der Waals surface area contributed by atoms with Crippen molar-refractivity contribution in [2.45, 2.75) is 0 Å². The average Bonchev–Trinajstić information content (AvgIpc) is 2.81. The van der Waals surface area contributed by atoms with Crippen LogP contribution in [0.4, 0.5) is 0 Å². The molecule has 2 heterocycles. The van der Waals surface area contributed by atoms with E-state index in [1.165, 1.54) is 6.33 Å². The highest BCUT2D eigenvalue weighted by molar-refractivity contribution is 9.10. The van der Waals surface area contributed by atoms with Gasteiger partial charge in [-0.2, -0.15) is 5.10 Å². The molecule has 3 aromatic rings. The number of halogens is 1. The summed E-state index contributed by atoms with van der Waals surface area (Å²) in [5.74, 6) is 0. The molecule has 2 aromatic heterocycles. The smallest absolute Gasteiger partial charge is 0.138 e. The highest BCUT2D eigenvalue weighted by atomic mass is 79.9. The lowest BCUT2D eigenvalue weighted by atomic mass is 10.2. The minimum atomic E-state index is 0.789.